The second-order valence-electron chi connectivity index (χ2n) is 13.3. The summed E-state index contributed by atoms with van der Waals surface area (Å²) in [5.74, 6) is 0. The fraction of sp³-hybridized carbons (Fsp3) is 0.0667. The molecule has 0 unspecified atom stereocenters. The number of anilines is 3. The maximum Gasteiger partial charge on any atom is 0.0540 e. The molecule has 0 saturated carbocycles. The average molecular weight is 650 g/mol. The van der Waals surface area contributed by atoms with Crippen LogP contribution in [0.1, 0.15) is 25.0 Å². The van der Waals surface area contributed by atoms with E-state index in [1.807, 2.05) is 22.7 Å². The van der Waals surface area contributed by atoms with Crippen LogP contribution < -0.4 is 4.90 Å². The number of nitrogens with zero attached hydrogens (tertiary/aromatic N) is 1. The van der Waals surface area contributed by atoms with Crippen LogP contribution in [0.25, 0.3) is 62.6 Å². The van der Waals surface area contributed by atoms with Gasteiger partial charge < -0.3 is 4.90 Å². The molecule has 48 heavy (non-hydrogen) atoms. The summed E-state index contributed by atoms with van der Waals surface area (Å²) in [4.78, 5) is 2.49. The van der Waals surface area contributed by atoms with Gasteiger partial charge in [0.05, 0.1) is 5.69 Å². The zero-order chi connectivity index (χ0) is 32.0. The lowest BCUT2D eigenvalue weighted by Crippen LogP contribution is -2.16. The van der Waals surface area contributed by atoms with E-state index >= 15 is 0 Å². The van der Waals surface area contributed by atoms with Gasteiger partial charge >= 0.3 is 0 Å². The van der Waals surface area contributed by atoms with Gasteiger partial charge in [0.15, 0.2) is 0 Å². The number of hydrogen-bond acceptors (Lipinski definition) is 3. The van der Waals surface area contributed by atoms with E-state index in [9.17, 15) is 0 Å². The van der Waals surface area contributed by atoms with E-state index in [2.05, 4.69) is 170 Å². The van der Waals surface area contributed by atoms with Crippen LogP contribution in [0.5, 0.6) is 0 Å². The van der Waals surface area contributed by atoms with Crippen LogP contribution in [-0.4, -0.2) is 0 Å². The van der Waals surface area contributed by atoms with Crippen molar-refractivity contribution < 1.29 is 0 Å². The summed E-state index contributed by atoms with van der Waals surface area (Å²) < 4.78 is 5.27. The van der Waals surface area contributed by atoms with Crippen molar-refractivity contribution >= 4 is 80.1 Å². The van der Waals surface area contributed by atoms with Crippen LogP contribution in [0.2, 0.25) is 0 Å². The van der Waals surface area contributed by atoms with Crippen LogP contribution in [0, 0.1) is 0 Å². The highest BCUT2D eigenvalue weighted by molar-refractivity contribution is 7.26. The molecule has 0 atom stereocenters. The number of benzene rings is 7. The average Bonchev–Trinajstić information content (AvgIpc) is 3.76. The zero-order valence-corrected chi connectivity index (χ0v) is 28.3. The lowest BCUT2D eigenvalue weighted by Gasteiger charge is -2.30. The van der Waals surface area contributed by atoms with Gasteiger partial charge in [-0.1, -0.05) is 117 Å². The third kappa shape index (κ3) is 4.01. The summed E-state index contributed by atoms with van der Waals surface area (Å²) >= 11 is 3.75. The van der Waals surface area contributed by atoms with Crippen LogP contribution >= 0.6 is 22.7 Å². The van der Waals surface area contributed by atoms with E-state index < -0.39 is 0 Å². The molecular weight excluding hydrogens is 619 g/mol. The highest BCUT2D eigenvalue weighted by Gasteiger charge is 2.36. The monoisotopic (exact) mass is 649 g/mol. The quantitative estimate of drug-likeness (QED) is 0.183. The predicted octanol–water partition coefficient (Wildman–Crippen LogP) is 13.9. The van der Waals surface area contributed by atoms with E-state index in [0.29, 0.717) is 0 Å². The number of rotatable bonds is 4. The summed E-state index contributed by atoms with van der Waals surface area (Å²) in [7, 11) is 0. The topological polar surface area (TPSA) is 3.24 Å². The maximum absolute atomic E-state index is 2.49. The van der Waals surface area contributed by atoms with E-state index in [1.165, 1.54) is 85.1 Å². The molecule has 10 rings (SSSR count). The summed E-state index contributed by atoms with van der Waals surface area (Å²) in [6.45, 7) is 4.73. The van der Waals surface area contributed by atoms with E-state index in [0.717, 1.165) is 5.69 Å². The number of fused-ring (bicyclic) bond motifs is 9. The molecule has 0 fully saturated rings. The Bertz CT molecular complexity index is 2730. The smallest absolute Gasteiger partial charge is 0.0540 e. The molecule has 0 N–H and O–H groups in total. The summed E-state index contributed by atoms with van der Waals surface area (Å²) in [5, 5.41) is 5.28. The first-order chi connectivity index (χ1) is 23.6. The molecule has 0 aliphatic heterocycles. The normalized spacial score (nSPS) is 13.4. The van der Waals surface area contributed by atoms with Crippen molar-refractivity contribution in [2.24, 2.45) is 0 Å². The van der Waals surface area contributed by atoms with Crippen LogP contribution in [0.15, 0.2) is 152 Å². The van der Waals surface area contributed by atoms with Gasteiger partial charge in [-0.05, 0) is 76.3 Å². The van der Waals surface area contributed by atoms with Crippen molar-refractivity contribution in [1.29, 1.82) is 0 Å². The second-order valence-corrected chi connectivity index (χ2v) is 15.5. The lowest BCUT2D eigenvalue weighted by molar-refractivity contribution is 0.660. The van der Waals surface area contributed by atoms with Gasteiger partial charge in [0.1, 0.15) is 0 Å². The molecule has 1 nitrogen and oxygen atoms in total. The Morgan fingerprint density at radius 3 is 1.88 bits per heavy atom. The van der Waals surface area contributed by atoms with Gasteiger partial charge in [-0.2, -0.15) is 0 Å². The third-order valence-electron chi connectivity index (χ3n) is 10.3. The Kier molecular flexibility index (Phi) is 6.03. The van der Waals surface area contributed by atoms with Crippen LogP contribution in [0.3, 0.4) is 0 Å². The van der Waals surface area contributed by atoms with Crippen molar-refractivity contribution in [1.82, 2.24) is 0 Å². The first-order valence-corrected chi connectivity index (χ1v) is 18.1. The van der Waals surface area contributed by atoms with Gasteiger partial charge in [0.2, 0.25) is 0 Å². The van der Waals surface area contributed by atoms with Crippen molar-refractivity contribution in [2.45, 2.75) is 19.3 Å². The largest absolute Gasteiger partial charge is 0.310 e. The molecule has 7 aromatic carbocycles. The molecule has 1 aliphatic rings. The predicted molar refractivity (Wildman–Crippen MR) is 210 cm³/mol. The first-order valence-electron chi connectivity index (χ1n) is 16.5. The maximum atomic E-state index is 2.49. The molecule has 2 heterocycles. The number of hydrogen-bond donors (Lipinski definition) is 0. The molecule has 0 radical (unpaired) electrons. The minimum Gasteiger partial charge on any atom is -0.310 e. The SMILES string of the molecule is CC1(C)c2ccccc2-c2ccc(N(c3ccc4c(c3)sc3ccccc34)c3ccccc3-c3cccc4sc5ccccc5c34)cc21. The standard InChI is InChI=1S/C45H31NS2/c1-45(2)37-17-7-3-12-30(37)31-24-22-28(26-38(31)45)46(29-23-25-34-33-14-5-9-19-40(33)48-43(34)27-29)39-18-8-4-13-32(39)35-16-11-21-42-44(35)36-15-6-10-20-41(36)47-42/h3-27H,1-2H3. The fourth-order valence-electron chi connectivity index (χ4n) is 8.01. The Hall–Kier alpha value is -5.22. The summed E-state index contributed by atoms with van der Waals surface area (Å²) in [6, 6.07) is 56.4. The molecule has 0 saturated heterocycles. The minimum absolute atomic E-state index is 0.0935. The lowest BCUT2D eigenvalue weighted by atomic mass is 9.82. The summed E-state index contributed by atoms with van der Waals surface area (Å²) in [5.41, 5.74) is 11.4. The van der Waals surface area contributed by atoms with Crippen molar-refractivity contribution in [3.05, 3.63) is 163 Å². The molecular formula is C45H31NS2. The molecule has 9 aromatic rings. The van der Waals surface area contributed by atoms with Gasteiger partial charge in [-0.3, -0.25) is 0 Å². The first kappa shape index (κ1) is 27.9. The zero-order valence-electron chi connectivity index (χ0n) is 26.7. The van der Waals surface area contributed by atoms with Crippen molar-refractivity contribution in [3.63, 3.8) is 0 Å². The third-order valence-corrected chi connectivity index (χ3v) is 12.6. The van der Waals surface area contributed by atoms with Crippen molar-refractivity contribution in [2.75, 3.05) is 4.90 Å². The van der Waals surface area contributed by atoms with E-state index in [-0.39, 0.29) is 5.41 Å². The number of thiophene rings is 2. The second kappa shape index (κ2) is 10.4. The molecule has 228 valence electrons. The Labute approximate surface area is 288 Å². The highest BCUT2D eigenvalue weighted by Crippen LogP contribution is 2.52. The number of para-hydroxylation sites is 1. The molecule has 1 aliphatic carbocycles. The molecule has 0 amide bonds. The molecule has 0 spiro atoms. The Morgan fingerprint density at radius 2 is 1.00 bits per heavy atom. The molecule has 2 aromatic heterocycles. The highest BCUT2D eigenvalue weighted by atomic mass is 32.1. The molecule has 0 bridgehead atoms. The van der Waals surface area contributed by atoms with Crippen LogP contribution in [0.4, 0.5) is 17.1 Å². The summed E-state index contributed by atoms with van der Waals surface area (Å²) in [6.07, 6.45) is 0. The Balaban J connectivity index is 1.24. The van der Waals surface area contributed by atoms with Crippen molar-refractivity contribution in [3.8, 4) is 22.3 Å². The van der Waals surface area contributed by atoms with Crippen LogP contribution in [-0.2, 0) is 5.41 Å². The minimum atomic E-state index is -0.0935. The molecule has 3 heteroatoms. The van der Waals surface area contributed by atoms with Gasteiger partial charge in [-0.25, -0.2) is 0 Å². The fourth-order valence-corrected chi connectivity index (χ4v) is 10.3. The van der Waals surface area contributed by atoms with E-state index in [4.69, 9.17) is 0 Å². The van der Waals surface area contributed by atoms with Gasteiger partial charge in [0.25, 0.3) is 0 Å². The van der Waals surface area contributed by atoms with E-state index in [1.54, 1.807) is 0 Å². The van der Waals surface area contributed by atoms with Gasteiger partial charge in [0, 0.05) is 62.7 Å². The van der Waals surface area contributed by atoms with Gasteiger partial charge in [-0.15, -0.1) is 22.7 Å². The Morgan fingerprint density at radius 1 is 0.417 bits per heavy atom.